The fraction of sp³-hybridized carbons (Fsp3) is 0.323. The molecule has 7 rings (SSSR count). The van der Waals surface area contributed by atoms with Crippen molar-refractivity contribution >= 4 is 56.5 Å². The van der Waals surface area contributed by atoms with E-state index < -0.39 is 4.87 Å². The topological polar surface area (TPSA) is 62.7 Å². The standard InChI is InChI=1S/C31H29N3O3S2/c1-17-6-11-24-25(12-17)39-28(32-24)19-7-9-20(10-8-19)33-26(35)16-38-31(33)23-14-21(37-5)13-22-18(2)15-30(3,4)34(27(22)23)29(31)36/h6-14,18H,15-16H2,1-5H3/t18-,31-/m0/s1. The Kier molecular flexibility index (Phi) is 5.26. The number of benzene rings is 3. The van der Waals surface area contributed by atoms with Gasteiger partial charge in [-0.3, -0.25) is 14.5 Å². The first-order valence-electron chi connectivity index (χ1n) is 13.2. The van der Waals surface area contributed by atoms with Gasteiger partial charge in [-0.25, -0.2) is 4.98 Å². The molecule has 1 saturated heterocycles. The van der Waals surface area contributed by atoms with Crippen LogP contribution in [0, 0.1) is 6.92 Å². The minimum atomic E-state index is -1.16. The number of amides is 2. The number of thioether (sulfide) groups is 1. The van der Waals surface area contributed by atoms with Crippen LogP contribution in [-0.2, 0) is 14.5 Å². The molecule has 0 saturated carbocycles. The molecule has 0 unspecified atom stereocenters. The number of aromatic nitrogens is 1. The molecule has 0 aliphatic carbocycles. The lowest BCUT2D eigenvalue weighted by Gasteiger charge is -2.44. The van der Waals surface area contributed by atoms with Crippen molar-refractivity contribution in [2.75, 3.05) is 22.7 Å². The zero-order chi connectivity index (χ0) is 27.3. The summed E-state index contributed by atoms with van der Waals surface area (Å²) in [6, 6.07) is 18.2. The molecule has 1 fully saturated rings. The molecular weight excluding hydrogens is 526 g/mol. The SMILES string of the molecule is COc1cc2c3c(c1)[C@]1(SCC(=O)N1c1ccc(-c4nc5ccc(C)cc5s4)cc1)C(=O)N3C(C)(C)C[C@@H]2C. The lowest BCUT2D eigenvalue weighted by molar-refractivity contribution is -0.124. The number of ether oxygens (including phenoxy) is 1. The zero-order valence-electron chi connectivity index (χ0n) is 22.6. The molecule has 1 aromatic heterocycles. The monoisotopic (exact) mass is 555 g/mol. The maximum atomic E-state index is 14.5. The first kappa shape index (κ1) is 24.7. The van der Waals surface area contributed by atoms with Gasteiger partial charge in [0.15, 0.2) is 0 Å². The number of hydrogen-bond acceptors (Lipinski definition) is 6. The number of hydrogen-bond donors (Lipinski definition) is 0. The van der Waals surface area contributed by atoms with E-state index in [0.29, 0.717) is 11.4 Å². The van der Waals surface area contributed by atoms with Crippen LogP contribution < -0.4 is 14.5 Å². The third-order valence-electron chi connectivity index (χ3n) is 8.26. The first-order chi connectivity index (χ1) is 18.6. The van der Waals surface area contributed by atoms with Crippen molar-refractivity contribution in [3.05, 3.63) is 71.3 Å². The Hall–Kier alpha value is -3.36. The highest BCUT2D eigenvalue weighted by atomic mass is 32.2. The molecule has 6 nitrogen and oxygen atoms in total. The summed E-state index contributed by atoms with van der Waals surface area (Å²) in [7, 11) is 1.65. The van der Waals surface area contributed by atoms with Crippen LogP contribution in [0.3, 0.4) is 0 Å². The van der Waals surface area contributed by atoms with Crippen LogP contribution in [0.5, 0.6) is 5.75 Å². The van der Waals surface area contributed by atoms with Crippen molar-refractivity contribution in [3.8, 4) is 16.3 Å². The fourth-order valence-corrected chi connectivity index (χ4v) is 8.98. The van der Waals surface area contributed by atoms with Crippen LogP contribution in [0.1, 0.15) is 49.8 Å². The lowest BCUT2D eigenvalue weighted by atomic mass is 9.80. The van der Waals surface area contributed by atoms with E-state index in [4.69, 9.17) is 9.72 Å². The van der Waals surface area contributed by atoms with E-state index >= 15 is 0 Å². The van der Waals surface area contributed by atoms with Gasteiger partial charge in [0, 0.05) is 22.4 Å². The first-order valence-corrected chi connectivity index (χ1v) is 15.0. The minimum absolute atomic E-state index is 0.0506. The fourth-order valence-electron chi connectivity index (χ4n) is 6.59. The largest absolute Gasteiger partial charge is 0.497 e. The van der Waals surface area contributed by atoms with Crippen LogP contribution in [0.15, 0.2) is 54.6 Å². The second kappa shape index (κ2) is 8.32. The van der Waals surface area contributed by atoms with Crippen molar-refractivity contribution in [2.24, 2.45) is 0 Å². The number of fused-ring (bicyclic) bond motifs is 2. The van der Waals surface area contributed by atoms with Crippen molar-refractivity contribution in [2.45, 2.75) is 50.4 Å². The highest BCUT2D eigenvalue weighted by molar-refractivity contribution is 8.02. The molecule has 0 radical (unpaired) electrons. The van der Waals surface area contributed by atoms with E-state index in [-0.39, 0.29) is 29.0 Å². The van der Waals surface area contributed by atoms with E-state index in [1.54, 1.807) is 23.3 Å². The number of carbonyl (C=O) groups is 2. The van der Waals surface area contributed by atoms with Gasteiger partial charge in [-0.05, 0) is 92.8 Å². The van der Waals surface area contributed by atoms with E-state index in [1.165, 1.54) is 17.3 Å². The van der Waals surface area contributed by atoms with Gasteiger partial charge >= 0.3 is 0 Å². The number of anilines is 2. The zero-order valence-corrected chi connectivity index (χ0v) is 24.2. The molecule has 1 spiro atoms. The molecule has 3 aliphatic rings. The Bertz CT molecular complexity index is 1690. The molecule has 3 aliphatic heterocycles. The van der Waals surface area contributed by atoms with Crippen molar-refractivity contribution in [1.82, 2.24) is 4.98 Å². The van der Waals surface area contributed by atoms with Gasteiger partial charge in [0.25, 0.3) is 5.91 Å². The molecule has 39 heavy (non-hydrogen) atoms. The molecule has 4 aromatic rings. The van der Waals surface area contributed by atoms with Gasteiger partial charge in [0.2, 0.25) is 10.8 Å². The Morgan fingerprint density at radius 3 is 2.54 bits per heavy atom. The maximum absolute atomic E-state index is 14.5. The smallest absolute Gasteiger partial charge is 0.269 e. The molecule has 3 aromatic carbocycles. The molecule has 2 amide bonds. The van der Waals surface area contributed by atoms with Crippen LogP contribution in [-0.4, -0.2) is 35.2 Å². The number of methoxy groups -OCH3 is 1. The summed E-state index contributed by atoms with van der Waals surface area (Å²) in [5.74, 6) is 1.09. The number of carbonyl (C=O) groups excluding carboxylic acids is 2. The quantitative estimate of drug-likeness (QED) is 0.277. The lowest BCUT2D eigenvalue weighted by Crippen LogP contribution is -2.56. The normalized spacial score (nSPS) is 23.3. The number of nitrogens with zero attached hydrogens (tertiary/aromatic N) is 3. The summed E-state index contributed by atoms with van der Waals surface area (Å²) in [5.41, 5.74) is 6.42. The number of thiazole rings is 1. The molecule has 198 valence electrons. The van der Waals surface area contributed by atoms with Gasteiger partial charge in [0.1, 0.15) is 10.8 Å². The number of aryl methyl sites for hydroxylation is 1. The predicted molar refractivity (Wildman–Crippen MR) is 159 cm³/mol. The molecule has 0 N–H and O–H groups in total. The third kappa shape index (κ3) is 3.37. The van der Waals surface area contributed by atoms with Crippen LogP contribution >= 0.6 is 23.1 Å². The van der Waals surface area contributed by atoms with Crippen LogP contribution in [0.2, 0.25) is 0 Å². The highest BCUT2D eigenvalue weighted by Gasteiger charge is 2.64. The van der Waals surface area contributed by atoms with Crippen molar-refractivity contribution < 1.29 is 14.3 Å². The Morgan fingerprint density at radius 1 is 1.03 bits per heavy atom. The van der Waals surface area contributed by atoms with Gasteiger partial charge in [-0.2, -0.15) is 0 Å². The molecule has 4 heterocycles. The van der Waals surface area contributed by atoms with Gasteiger partial charge in [-0.15, -0.1) is 23.1 Å². The molecule has 2 atom stereocenters. The predicted octanol–water partition coefficient (Wildman–Crippen LogP) is 6.85. The summed E-state index contributed by atoms with van der Waals surface area (Å²) < 4.78 is 6.85. The molecule has 8 heteroatoms. The molecular formula is C31H29N3O3S2. The van der Waals surface area contributed by atoms with Crippen molar-refractivity contribution in [3.63, 3.8) is 0 Å². The van der Waals surface area contributed by atoms with Crippen LogP contribution in [0.25, 0.3) is 20.8 Å². The summed E-state index contributed by atoms with van der Waals surface area (Å²) >= 11 is 3.07. The van der Waals surface area contributed by atoms with E-state index in [0.717, 1.165) is 44.0 Å². The van der Waals surface area contributed by atoms with Gasteiger partial charge in [-0.1, -0.05) is 13.0 Å². The number of rotatable bonds is 3. The van der Waals surface area contributed by atoms with Gasteiger partial charge in [0.05, 0.1) is 28.8 Å². The summed E-state index contributed by atoms with van der Waals surface area (Å²) in [4.78, 5) is 35.4. The summed E-state index contributed by atoms with van der Waals surface area (Å²) in [6.45, 7) is 8.53. The van der Waals surface area contributed by atoms with Gasteiger partial charge < -0.3 is 9.64 Å². The summed E-state index contributed by atoms with van der Waals surface area (Å²) in [5, 5.41) is 0.934. The second-order valence-electron chi connectivity index (χ2n) is 11.4. The Morgan fingerprint density at radius 2 is 1.79 bits per heavy atom. The minimum Gasteiger partial charge on any atom is -0.497 e. The third-order valence-corrected chi connectivity index (χ3v) is 10.7. The molecule has 0 bridgehead atoms. The van der Waals surface area contributed by atoms with Crippen molar-refractivity contribution in [1.29, 1.82) is 0 Å². The Labute approximate surface area is 236 Å². The Balaban J connectivity index is 1.36. The van der Waals surface area contributed by atoms with E-state index in [1.807, 2.05) is 35.2 Å². The van der Waals surface area contributed by atoms with E-state index in [9.17, 15) is 9.59 Å². The average Bonchev–Trinajstić information content (AvgIpc) is 3.56. The average molecular weight is 556 g/mol. The second-order valence-corrected chi connectivity index (χ2v) is 13.6. The summed E-state index contributed by atoms with van der Waals surface area (Å²) in [6.07, 6.45) is 0.837. The highest BCUT2D eigenvalue weighted by Crippen LogP contribution is 2.62. The van der Waals surface area contributed by atoms with Crippen LogP contribution in [0.4, 0.5) is 11.4 Å². The van der Waals surface area contributed by atoms with E-state index in [2.05, 4.69) is 52.0 Å². The maximum Gasteiger partial charge on any atom is 0.269 e.